The van der Waals surface area contributed by atoms with Gasteiger partial charge in [0.15, 0.2) is 0 Å². The molecular weight excluding hydrogens is 321 g/mol. The second-order valence-electron chi connectivity index (χ2n) is 6.07. The van der Waals surface area contributed by atoms with E-state index < -0.39 is 0 Å². The number of piperidine rings is 1. The molecule has 1 atom stereocenters. The number of nitriles is 1. The molecule has 1 unspecified atom stereocenters. The standard InChI is InChI=1S/C19H18FN3O2/c20-16-4-7-18(8-5-16)25-13-14-2-1-9-23(12-14)19(24)15-3-6-17(10-21)22-11-15/h3-8,11,14H,1-2,9,12-13H2. The molecule has 25 heavy (non-hydrogen) atoms. The summed E-state index contributed by atoms with van der Waals surface area (Å²) in [5.74, 6) is 0.483. The van der Waals surface area contributed by atoms with E-state index in [1.807, 2.05) is 6.07 Å². The van der Waals surface area contributed by atoms with Crippen molar-refractivity contribution in [3.05, 3.63) is 59.7 Å². The van der Waals surface area contributed by atoms with Crippen molar-refractivity contribution in [1.82, 2.24) is 9.88 Å². The highest BCUT2D eigenvalue weighted by Crippen LogP contribution is 2.20. The first-order chi connectivity index (χ1) is 12.2. The van der Waals surface area contributed by atoms with Crippen molar-refractivity contribution in [3.8, 4) is 11.8 Å². The maximum Gasteiger partial charge on any atom is 0.255 e. The Hall–Kier alpha value is -2.94. The third-order valence-corrected chi connectivity index (χ3v) is 4.23. The van der Waals surface area contributed by atoms with E-state index in [0.717, 1.165) is 12.8 Å². The van der Waals surface area contributed by atoms with Gasteiger partial charge in [-0.1, -0.05) is 0 Å². The summed E-state index contributed by atoms with van der Waals surface area (Å²) in [6.45, 7) is 1.80. The lowest BCUT2D eigenvalue weighted by Gasteiger charge is -2.32. The number of likely N-dealkylation sites (tertiary alicyclic amines) is 1. The number of carbonyl (C=O) groups is 1. The lowest BCUT2D eigenvalue weighted by Crippen LogP contribution is -2.41. The number of ether oxygens (including phenoxy) is 1. The fourth-order valence-corrected chi connectivity index (χ4v) is 2.90. The zero-order valence-electron chi connectivity index (χ0n) is 13.7. The SMILES string of the molecule is N#Cc1ccc(C(=O)N2CCCC(COc3ccc(F)cc3)C2)cn1. The Morgan fingerprint density at radius 2 is 2.12 bits per heavy atom. The fourth-order valence-electron chi connectivity index (χ4n) is 2.90. The molecule has 6 heteroatoms. The monoisotopic (exact) mass is 339 g/mol. The first-order valence-corrected chi connectivity index (χ1v) is 8.19. The number of hydrogen-bond donors (Lipinski definition) is 0. The molecule has 0 radical (unpaired) electrons. The molecule has 1 fully saturated rings. The largest absolute Gasteiger partial charge is 0.493 e. The van der Waals surface area contributed by atoms with Crippen molar-refractivity contribution < 1.29 is 13.9 Å². The number of benzene rings is 1. The number of carbonyl (C=O) groups excluding carboxylic acids is 1. The highest BCUT2D eigenvalue weighted by Gasteiger charge is 2.25. The molecule has 1 saturated heterocycles. The number of pyridine rings is 1. The average Bonchev–Trinajstić information content (AvgIpc) is 2.67. The van der Waals surface area contributed by atoms with Gasteiger partial charge in [-0.2, -0.15) is 5.26 Å². The van der Waals surface area contributed by atoms with Gasteiger partial charge in [0.25, 0.3) is 5.91 Å². The number of nitrogens with zero attached hydrogens (tertiary/aromatic N) is 3. The molecule has 1 aliphatic rings. The summed E-state index contributed by atoms with van der Waals surface area (Å²) in [6, 6.07) is 11.1. The first-order valence-electron chi connectivity index (χ1n) is 8.19. The van der Waals surface area contributed by atoms with Gasteiger partial charge in [0.05, 0.1) is 12.2 Å². The summed E-state index contributed by atoms with van der Waals surface area (Å²) in [6.07, 6.45) is 3.34. The van der Waals surface area contributed by atoms with E-state index in [9.17, 15) is 9.18 Å². The molecule has 5 nitrogen and oxygen atoms in total. The summed E-state index contributed by atoms with van der Waals surface area (Å²) in [4.78, 5) is 18.3. The predicted octanol–water partition coefficient (Wildman–Crippen LogP) is 3.02. The van der Waals surface area contributed by atoms with Crippen LogP contribution in [0.15, 0.2) is 42.6 Å². The van der Waals surface area contributed by atoms with E-state index in [0.29, 0.717) is 36.7 Å². The summed E-state index contributed by atoms with van der Waals surface area (Å²) in [7, 11) is 0. The maximum absolute atomic E-state index is 12.9. The lowest BCUT2D eigenvalue weighted by atomic mass is 9.98. The second kappa shape index (κ2) is 7.75. The number of aromatic nitrogens is 1. The Labute approximate surface area is 145 Å². The molecule has 1 aromatic carbocycles. The number of rotatable bonds is 4. The third-order valence-electron chi connectivity index (χ3n) is 4.23. The van der Waals surface area contributed by atoms with Gasteiger partial charge >= 0.3 is 0 Å². The molecule has 2 aromatic rings. The average molecular weight is 339 g/mol. The van der Waals surface area contributed by atoms with Crippen molar-refractivity contribution in [3.63, 3.8) is 0 Å². The van der Waals surface area contributed by atoms with Crippen molar-refractivity contribution in [2.45, 2.75) is 12.8 Å². The van der Waals surface area contributed by atoms with E-state index in [1.54, 1.807) is 29.2 Å². The topological polar surface area (TPSA) is 66.2 Å². The van der Waals surface area contributed by atoms with Gasteiger partial charge in [-0.3, -0.25) is 4.79 Å². The molecule has 0 saturated carbocycles. The van der Waals surface area contributed by atoms with Gasteiger partial charge < -0.3 is 9.64 Å². The van der Waals surface area contributed by atoms with Crippen LogP contribution in [0.4, 0.5) is 4.39 Å². The molecule has 0 aliphatic carbocycles. The molecular formula is C19H18FN3O2. The molecule has 1 amide bonds. The summed E-state index contributed by atoms with van der Waals surface area (Å²) < 4.78 is 18.6. The molecule has 0 N–H and O–H groups in total. The van der Waals surface area contributed by atoms with E-state index in [4.69, 9.17) is 10.00 Å². The Balaban J connectivity index is 1.57. The summed E-state index contributed by atoms with van der Waals surface area (Å²) in [5.41, 5.74) is 0.778. The molecule has 0 spiro atoms. The van der Waals surface area contributed by atoms with Crippen LogP contribution >= 0.6 is 0 Å². The molecule has 2 heterocycles. The molecule has 3 rings (SSSR count). The zero-order valence-corrected chi connectivity index (χ0v) is 13.7. The molecule has 1 aliphatic heterocycles. The van der Waals surface area contributed by atoms with Crippen LogP contribution in [-0.4, -0.2) is 35.5 Å². The minimum absolute atomic E-state index is 0.0801. The Kier molecular flexibility index (Phi) is 5.24. The van der Waals surface area contributed by atoms with Crippen molar-refractivity contribution in [2.24, 2.45) is 5.92 Å². The molecule has 128 valence electrons. The van der Waals surface area contributed by atoms with Gasteiger partial charge in [0.2, 0.25) is 0 Å². The van der Waals surface area contributed by atoms with E-state index in [1.165, 1.54) is 18.3 Å². The summed E-state index contributed by atoms with van der Waals surface area (Å²) in [5, 5.41) is 8.78. The van der Waals surface area contributed by atoms with Gasteiger partial charge in [-0.05, 0) is 49.2 Å². The van der Waals surface area contributed by atoms with Crippen LogP contribution in [0.2, 0.25) is 0 Å². The highest BCUT2D eigenvalue weighted by atomic mass is 19.1. The zero-order chi connectivity index (χ0) is 17.6. The van der Waals surface area contributed by atoms with E-state index in [-0.39, 0.29) is 17.6 Å². The van der Waals surface area contributed by atoms with E-state index in [2.05, 4.69) is 4.98 Å². The Morgan fingerprint density at radius 1 is 1.32 bits per heavy atom. The van der Waals surface area contributed by atoms with Crippen molar-refractivity contribution in [1.29, 1.82) is 5.26 Å². The predicted molar refractivity (Wildman–Crippen MR) is 89.5 cm³/mol. The van der Waals surface area contributed by atoms with Crippen molar-refractivity contribution >= 4 is 5.91 Å². The number of hydrogen-bond acceptors (Lipinski definition) is 4. The van der Waals surface area contributed by atoms with Crippen LogP contribution in [0.5, 0.6) is 5.75 Å². The molecule has 0 bridgehead atoms. The first kappa shape index (κ1) is 16.9. The van der Waals surface area contributed by atoms with Gasteiger partial charge in [0, 0.05) is 25.2 Å². The molecule has 1 aromatic heterocycles. The van der Waals surface area contributed by atoms with Gasteiger partial charge in [-0.15, -0.1) is 0 Å². The van der Waals surface area contributed by atoms with Gasteiger partial charge in [0.1, 0.15) is 23.3 Å². The van der Waals surface area contributed by atoms with Crippen LogP contribution in [0.1, 0.15) is 28.9 Å². The summed E-state index contributed by atoms with van der Waals surface area (Å²) >= 11 is 0. The van der Waals surface area contributed by atoms with Crippen LogP contribution in [-0.2, 0) is 0 Å². The van der Waals surface area contributed by atoms with E-state index >= 15 is 0 Å². The lowest BCUT2D eigenvalue weighted by molar-refractivity contribution is 0.0633. The Morgan fingerprint density at radius 3 is 2.80 bits per heavy atom. The Bertz CT molecular complexity index is 769. The number of halogens is 1. The van der Waals surface area contributed by atoms with Crippen LogP contribution in [0.25, 0.3) is 0 Å². The maximum atomic E-state index is 12.9. The van der Waals surface area contributed by atoms with Gasteiger partial charge in [-0.25, -0.2) is 9.37 Å². The fraction of sp³-hybridized carbons (Fsp3) is 0.316. The van der Waals surface area contributed by atoms with Crippen LogP contribution in [0, 0.1) is 23.1 Å². The van der Waals surface area contributed by atoms with Crippen molar-refractivity contribution in [2.75, 3.05) is 19.7 Å². The van der Waals surface area contributed by atoms with Crippen LogP contribution < -0.4 is 4.74 Å². The normalized spacial score (nSPS) is 17.0. The minimum Gasteiger partial charge on any atom is -0.493 e. The second-order valence-corrected chi connectivity index (χ2v) is 6.07. The highest BCUT2D eigenvalue weighted by molar-refractivity contribution is 5.94. The number of amides is 1. The van der Waals surface area contributed by atoms with Crippen LogP contribution in [0.3, 0.4) is 0 Å². The minimum atomic E-state index is -0.294. The smallest absolute Gasteiger partial charge is 0.255 e. The quantitative estimate of drug-likeness (QED) is 0.859. The third kappa shape index (κ3) is 4.32.